The Morgan fingerprint density at radius 1 is 1.25 bits per heavy atom. The van der Waals surface area contributed by atoms with E-state index in [1.165, 1.54) is 24.7 Å². The quantitative estimate of drug-likeness (QED) is 0.765. The Morgan fingerprint density at radius 3 is 2.85 bits per heavy atom. The van der Waals surface area contributed by atoms with E-state index in [2.05, 4.69) is 20.3 Å². The number of carbonyl (C=O) groups excluding carboxylic acids is 1. The van der Waals surface area contributed by atoms with Crippen LogP contribution in [0.5, 0.6) is 0 Å². The van der Waals surface area contributed by atoms with E-state index in [0.717, 1.165) is 5.56 Å². The first-order valence-corrected chi connectivity index (χ1v) is 6.04. The number of imidazole rings is 1. The van der Waals surface area contributed by atoms with Crippen LogP contribution >= 0.6 is 0 Å². The Morgan fingerprint density at radius 2 is 2.05 bits per heavy atom. The lowest BCUT2D eigenvalue weighted by atomic mass is 10.2. The molecule has 0 bridgehead atoms. The molecule has 20 heavy (non-hydrogen) atoms. The van der Waals surface area contributed by atoms with Gasteiger partial charge >= 0.3 is 0 Å². The number of nitrogens with one attached hydrogen (secondary N) is 2. The number of carbonyl (C=O) groups is 1. The SMILES string of the molecule is O=C(NCc1ccc(F)cc1)c1cnc2nc[nH]c2c1. The van der Waals surface area contributed by atoms with Crippen molar-refractivity contribution in [3.8, 4) is 0 Å². The van der Waals surface area contributed by atoms with Gasteiger partial charge in [0.25, 0.3) is 5.91 Å². The molecule has 0 aliphatic carbocycles. The first kappa shape index (κ1) is 12.3. The van der Waals surface area contributed by atoms with Crippen molar-refractivity contribution in [1.29, 1.82) is 0 Å². The van der Waals surface area contributed by atoms with Crippen molar-refractivity contribution in [2.75, 3.05) is 0 Å². The second-order valence-corrected chi connectivity index (χ2v) is 4.31. The van der Waals surface area contributed by atoms with Gasteiger partial charge in [-0.2, -0.15) is 0 Å². The number of pyridine rings is 1. The average molecular weight is 270 g/mol. The summed E-state index contributed by atoms with van der Waals surface area (Å²) in [5, 5.41) is 2.76. The smallest absolute Gasteiger partial charge is 0.253 e. The highest BCUT2D eigenvalue weighted by atomic mass is 19.1. The van der Waals surface area contributed by atoms with Gasteiger partial charge in [-0.1, -0.05) is 12.1 Å². The highest BCUT2D eigenvalue weighted by Gasteiger charge is 2.08. The molecule has 1 amide bonds. The molecule has 0 unspecified atom stereocenters. The maximum absolute atomic E-state index is 12.8. The maximum atomic E-state index is 12.8. The van der Waals surface area contributed by atoms with E-state index in [0.29, 0.717) is 23.3 Å². The number of hydrogen-bond acceptors (Lipinski definition) is 3. The lowest BCUT2D eigenvalue weighted by Gasteiger charge is -2.05. The molecule has 5 nitrogen and oxygen atoms in total. The summed E-state index contributed by atoms with van der Waals surface area (Å²) in [7, 11) is 0. The summed E-state index contributed by atoms with van der Waals surface area (Å²) in [5.74, 6) is -0.535. The second kappa shape index (κ2) is 5.08. The fourth-order valence-corrected chi connectivity index (χ4v) is 1.84. The zero-order valence-electron chi connectivity index (χ0n) is 10.4. The fourth-order valence-electron chi connectivity index (χ4n) is 1.84. The van der Waals surface area contributed by atoms with Crippen molar-refractivity contribution >= 4 is 17.1 Å². The lowest BCUT2D eigenvalue weighted by molar-refractivity contribution is 0.0950. The number of hydrogen-bond donors (Lipinski definition) is 2. The minimum atomic E-state index is -0.297. The normalized spacial score (nSPS) is 10.7. The third-order valence-electron chi connectivity index (χ3n) is 2.90. The van der Waals surface area contributed by atoms with Crippen LogP contribution in [0.3, 0.4) is 0 Å². The van der Waals surface area contributed by atoms with E-state index in [1.54, 1.807) is 18.2 Å². The summed E-state index contributed by atoms with van der Waals surface area (Å²) < 4.78 is 12.8. The van der Waals surface area contributed by atoms with Crippen molar-refractivity contribution in [3.05, 3.63) is 59.8 Å². The van der Waals surface area contributed by atoms with Crippen molar-refractivity contribution in [1.82, 2.24) is 20.3 Å². The van der Waals surface area contributed by atoms with Gasteiger partial charge in [0.1, 0.15) is 5.82 Å². The number of H-pyrrole nitrogens is 1. The molecule has 2 N–H and O–H groups in total. The molecule has 1 aromatic carbocycles. The van der Waals surface area contributed by atoms with Crippen LogP contribution in [0, 0.1) is 5.82 Å². The van der Waals surface area contributed by atoms with Crippen LogP contribution in [0.1, 0.15) is 15.9 Å². The van der Waals surface area contributed by atoms with E-state index in [-0.39, 0.29) is 11.7 Å². The zero-order valence-corrected chi connectivity index (χ0v) is 10.4. The molecule has 3 rings (SSSR count). The molecule has 2 aromatic heterocycles. The van der Waals surface area contributed by atoms with Gasteiger partial charge in [0.05, 0.1) is 17.4 Å². The summed E-state index contributed by atoms with van der Waals surface area (Å²) >= 11 is 0. The van der Waals surface area contributed by atoms with Crippen molar-refractivity contribution < 1.29 is 9.18 Å². The molecule has 0 saturated heterocycles. The summed E-state index contributed by atoms with van der Waals surface area (Å²) in [6.45, 7) is 0.333. The Bertz CT molecular complexity index is 751. The predicted octanol–water partition coefficient (Wildman–Crippen LogP) is 2.03. The minimum absolute atomic E-state index is 0.238. The molecular weight excluding hydrogens is 259 g/mol. The van der Waals surface area contributed by atoms with Crippen LogP contribution in [0.2, 0.25) is 0 Å². The number of fused-ring (bicyclic) bond motifs is 1. The highest BCUT2D eigenvalue weighted by molar-refractivity contribution is 5.96. The molecule has 0 aliphatic heterocycles. The van der Waals surface area contributed by atoms with E-state index in [1.807, 2.05) is 0 Å². The zero-order chi connectivity index (χ0) is 13.9. The van der Waals surface area contributed by atoms with E-state index < -0.39 is 0 Å². The van der Waals surface area contributed by atoms with E-state index in [4.69, 9.17) is 0 Å². The first-order chi connectivity index (χ1) is 9.72. The molecule has 0 fully saturated rings. The first-order valence-electron chi connectivity index (χ1n) is 6.04. The van der Waals surface area contributed by atoms with Gasteiger partial charge in [-0.15, -0.1) is 0 Å². The topological polar surface area (TPSA) is 70.7 Å². The fraction of sp³-hybridized carbons (Fsp3) is 0.0714. The third-order valence-corrected chi connectivity index (χ3v) is 2.90. The second-order valence-electron chi connectivity index (χ2n) is 4.31. The van der Waals surface area contributed by atoms with Crippen molar-refractivity contribution in [2.24, 2.45) is 0 Å². The Kier molecular flexibility index (Phi) is 3.12. The predicted molar refractivity (Wildman–Crippen MR) is 71.5 cm³/mol. The highest BCUT2D eigenvalue weighted by Crippen LogP contribution is 2.09. The van der Waals surface area contributed by atoms with Crippen LogP contribution in [0.4, 0.5) is 4.39 Å². The minimum Gasteiger partial charge on any atom is -0.348 e. The third kappa shape index (κ3) is 2.49. The molecule has 0 saturated carbocycles. The Balaban J connectivity index is 1.70. The van der Waals surface area contributed by atoms with Crippen molar-refractivity contribution in [3.63, 3.8) is 0 Å². The summed E-state index contributed by atoms with van der Waals surface area (Å²) in [5.41, 5.74) is 2.55. The van der Waals surface area contributed by atoms with E-state index >= 15 is 0 Å². The van der Waals surface area contributed by atoms with Gasteiger partial charge in [0.15, 0.2) is 5.65 Å². The molecule has 0 radical (unpaired) electrons. The standard InChI is InChI=1S/C14H11FN4O/c15-11-3-1-9(2-4-11)6-17-14(20)10-5-12-13(16-7-10)19-8-18-12/h1-5,7-8H,6H2,(H,17,20)(H,16,18,19). The van der Waals surface area contributed by atoms with Crippen LogP contribution in [-0.2, 0) is 6.54 Å². The number of aromatic nitrogens is 3. The van der Waals surface area contributed by atoms with Crippen LogP contribution in [0.15, 0.2) is 42.9 Å². The van der Waals surface area contributed by atoms with Gasteiger partial charge < -0.3 is 10.3 Å². The molecule has 0 spiro atoms. The van der Waals surface area contributed by atoms with Gasteiger partial charge in [0.2, 0.25) is 0 Å². The average Bonchev–Trinajstić information content (AvgIpc) is 2.93. The van der Waals surface area contributed by atoms with Crippen LogP contribution in [-0.4, -0.2) is 20.9 Å². The maximum Gasteiger partial charge on any atom is 0.253 e. The molecule has 0 atom stereocenters. The summed E-state index contributed by atoms with van der Waals surface area (Å²) in [4.78, 5) is 23.0. The number of rotatable bonds is 3. The number of benzene rings is 1. The molecule has 2 heterocycles. The summed E-state index contributed by atoms with van der Waals surface area (Å²) in [6.07, 6.45) is 3.00. The number of amides is 1. The van der Waals surface area contributed by atoms with Crippen LogP contribution in [0.25, 0.3) is 11.2 Å². The Hall–Kier alpha value is -2.76. The van der Waals surface area contributed by atoms with Crippen molar-refractivity contribution in [2.45, 2.75) is 6.54 Å². The molecule has 6 heteroatoms. The van der Waals surface area contributed by atoms with Gasteiger partial charge in [-0.3, -0.25) is 4.79 Å². The number of aromatic amines is 1. The molecule has 0 aliphatic rings. The van der Waals surface area contributed by atoms with Gasteiger partial charge in [-0.25, -0.2) is 14.4 Å². The monoisotopic (exact) mass is 270 g/mol. The number of nitrogens with zero attached hydrogens (tertiary/aromatic N) is 2. The van der Waals surface area contributed by atoms with E-state index in [9.17, 15) is 9.18 Å². The molecule has 100 valence electrons. The van der Waals surface area contributed by atoms with Crippen LogP contribution < -0.4 is 5.32 Å². The Labute approximate surface area is 113 Å². The molecular formula is C14H11FN4O. The van der Waals surface area contributed by atoms with Gasteiger partial charge in [0, 0.05) is 12.7 Å². The lowest BCUT2D eigenvalue weighted by Crippen LogP contribution is -2.22. The number of halogens is 1. The van der Waals surface area contributed by atoms with Gasteiger partial charge in [-0.05, 0) is 23.8 Å². The largest absolute Gasteiger partial charge is 0.348 e. The molecule has 3 aromatic rings. The summed E-state index contributed by atoms with van der Waals surface area (Å²) in [6, 6.07) is 7.67.